The molecule has 1 aromatic heterocycles. The summed E-state index contributed by atoms with van der Waals surface area (Å²) in [6, 6.07) is 4.94. The van der Waals surface area contributed by atoms with Gasteiger partial charge in [-0.15, -0.1) is 10.2 Å². The minimum absolute atomic E-state index is 0.246. The third kappa shape index (κ3) is 3.66. The standard InChI is InChI=1S/C13H19N5O2S/c1-10-7-12(4-3-11(10)8-14)21(19,20)16-6-5-13-17-15-9-18(13)2/h3-4,7,9,16H,5-6,8,14H2,1-2H3. The van der Waals surface area contributed by atoms with Gasteiger partial charge in [0.15, 0.2) is 0 Å². The second-order valence-electron chi connectivity index (χ2n) is 4.80. The van der Waals surface area contributed by atoms with Gasteiger partial charge in [0.1, 0.15) is 12.2 Å². The Morgan fingerprint density at radius 1 is 1.38 bits per heavy atom. The fourth-order valence-electron chi connectivity index (χ4n) is 1.98. The molecule has 0 radical (unpaired) electrons. The van der Waals surface area contributed by atoms with Gasteiger partial charge in [0.05, 0.1) is 4.90 Å². The van der Waals surface area contributed by atoms with Crippen LogP contribution in [0.25, 0.3) is 0 Å². The molecule has 21 heavy (non-hydrogen) atoms. The Morgan fingerprint density at radius 2 is 2.14 bits per heavy atom. The first kappa shape index (κ1) is 15.6. The van der Waals surface area contributed by atoms with Crippen molar-refractivity contribution in [2.24, 2.45) is 12.8 Å². The minimum atomic E-state index is -3.52. The fourth-order valence-corrected chi connectivity index (χ4v) is 3.10. The molecular weight excluding hydrogens is 290 g/mol. The Labute approximate surface area is 124 Å². The van der Waals surface area contributed by atoms with E-state index in [9.17, 15) is 8.42 Å². The van der Waals surface area contributed by atoms with E-state index in [1.54, 1.807) is 29.1 Å². The second kappa shape index (κ2) is 6.33. The van der Waals surface area contributed by atoms with Crippen molar-refractivity contribution in [1.82, 2.24) is 19.5 Å². The molecule has 1 aromatic carbocycles. The van der Waals surface area contributed by atoms with Gasteiger partial charge in [0.25, 0.3) is 0 Å². The van der Waals surface area contributed by atoms with E-state index in [1.165, 1.54) is 0 Å². The summed E-state index contributed by atoms with van der Waals surface area (Å²) < 4.78 is 28.7. The lowest BCUT2D eigenvalue weighted by Crippen LogP contribution is -2.26. The summed E-state index contributed by atoms with van der Waals surface area (Å²) in [5.41, 5.74) is 7.39. The van der Waals surface area contributed by atoms with Crippen LogP contribution in [-0.2, 0) is 30.0 Å². The SMILES string of the molecule is Cc1cc(S(=O)(=O)NCCc2nncn2C)ccc1CN. The Hall–Kier alpha value is -1.77. The zero-order chi connectivity index (χ0) is 15.5. The lowest BCUT2D eigenvalue weighted by atomic mass is 10.1. The summed E-state index contributed by atoms with van der Waals surface area (Å²) in [4.78, 5) is 0.246. The van der Waals surface area contributed by atoms with Crippen LogP contribution in [-0.4, -0.2) is 29.7 Å². The maximum atomic E-state index is 12.2. The van der Waals surface area contributed by atoms with E-state index in [2.05, 4.69) is 14.9 Å². The number of nitrogens with zero attached hydrogens (tertiary/aromatic N) is 3. The molecule has 0 bridgehead atoms. The van der Waals surface area contributed by atoms with Crippen LogP contribution in [0.15, 0.2) is 29.4 Å². The molecule has 0 aliphatic carbocycles. The molecular formula is C13H19N5O2S. The molecule has 0 saturated carbocycles. The number of nitrogens with two attached hydrogens (primary N) is 1. The summed E-state index contributed by atoms with van der Waals surface area (Å²) in [6.07, 6.45) is 2.06. The zero-order valence-electron chi connectivity index (χ0n) is 12.1. The lowest BCUT2D eigenvalue weighted by Gasteiger charge is -2.09. The van der Waals surface area contributed by atoms with Crippen LogP contribution < -0.4 is 10.5 Å². The average molecular weight is 309 g/mol. The van der Waals surface area contributed by atoms with E-state index in [-0.39, 0.29) is 11.4 Å². The minimum Gasteiger partial charge on any atom is -0.326 e. The smallest absolute Gasteiger partial charge is 0.240 e. The summed E-state index contributed by atoms with van der Waals surface area (Å²) in [6.45, 7) is 2.51. The highest BCUT2D eigenvalue weighted by Gasteiger charge is 2.15. The Balaban J connectivity index is 2.05. The van der Waals surface area contributed by atoms with Gasteiger partial charge in [0, 0.05) is 26.6 Å². The summed E-state index contributed by atoms with van der Waals surface area (Å²) >= 11 is 0. The van der Waals surface area contributed by atoms with Crippen LogP contribution >= 0.6 is 0 Å². The van der Waals surface area contributed by atoms with E-state index in [4.69, 9.17) is 5.73 Å². The molecule has 1 heterocycles. The van der Waals surface area contributed by atoms with Crippen LogP contribution in [0.1, 0.15) is 17.0 Å². The predicted molar refractivity (Wildman–Crippen MR) is 79.0 cm³/mol. The summed E-state index contributed by atoms with van der Waals surface area (Å²) in [5.74, 6) is 0.729. The van der Waals surface area contributed by atoms with Gasteiger partial charge < -0.3 is 10.3 Å². The van der Waals surface area contributed by atoms with Crippen molar-refractivity contribution < 1.29 is 8.42 Å². The largest absolute Gasteiger partial charge is 0.326 e. The van der Waals surface area contributed by atoms with Crippen molar-refractivity contribution in [1.29, 1.82) is 0 Å². The zero-order valence-corrected chi connectivity index (χ0v) is 12.9. The number of nitrogens with one attached hydrogen (secondary N) is 1. The number of aromatic nitrogens is 3. The summed E-state index contributed by atoms with van der Waals surface area (Å²) in [5, 5.41) is 7.66. The van der Waals surface area contributed by atoms with Gasteiger partial charge in [-0.3, -0.25) is 0 Å². The maximum Gasteiger partial charge on any atom is 0.240 e. The van der Waals surface area contributed by atoms with Crippen LogP contribution in [0.4, 0.5) is 0 Å². The van der Waals surface area contributed by atoms with Gasteiger partial charge in [-0.25, -0.2) is 13.1 Å². The van der Waals surface area contributed by atoms with Gasteiger partial charge >= 0.3 is 0 Å². The molecule has 2 aromatic rings. The highest BCUT2D eigenvalue weighted by Crippen LogP contribution is 2.15. The molecule has 8 heteroatoms. The van der Waals surface area contributed by atoms with E-state index in [0.29, 0.717) is 13.0 Å². The van der Waals surface area contributed by atoms with E-state index in [1.807, 2.05) is 14.0 Å². The number of aryl methyl sites for hydroxylation is 2. The van der Waals surface area contributed by atoms with E-state index in [0.717, 1.165) is 17.0 Å². The average Bonchev–Trinajstić information content (AvgIpc) is 2.84. The molecule has 3 N–H and O–H groups in total. The number of benzene rings is 1. The molecule has 0 spiro atoms. The molecule has 0 unspecified atom stereocenters. The van der Waals surface area contributed by atoms with Crippen LogP contribution in [0.5, 0.6) is 0 Å². The van der Waals surface area contributed by atoms with Gasteiger partial charge in [-0.2, -0.15) is 0 Å². The van der Waals surface area contributed by atoms with Crippen molar-refractivity contribution in [3.8, 4) is 0 Å². The number of hydrogen-bond acceptors (Lipinski definition) is 5. The van der Waals surface area contributed by atoms with Crippen LogP contribution in [0, 0.1) is 6.92 Å². The number of rotatable bonds is 6. The third-order valence-electron chi connectivity index (χ3n) is 3.29. The predicted octanol–water partition coefficient (Wildman–Crippen LogP) is 0.103. The highest BCUT2D eigenvalue weighted by molar-refractivity contribution is 7.89. The van der Waals surface area contributed by atoms with E-state index < -0.39 is 10.0 Å². The number of sulfonamides is 1. The van der Waals surface area contributed by atoms with Crippen LogP contribution in [0.2, 0.25) is 0 Å². The Kier molecular flexibility index (Phi) is 4.71. The summed E-state index contributed by atoms with van der Waals surface area (Å²) in [7, 11) is -1.70. The topological polar surface area (TPSA) is 103 Å². The van der Waals surface area contributed by atoms with Gasteiger partial charge in [-0.1, -0.05) is 6.07 Å². The highest BCUT2D eigenvalue weighted by atomic mass is 32.2. The van der Waals surface area contributed by atoms with Crippen LogP contribution in [0.3, 0.4) is 0 Å². The number of hydrogen-bond donors (Lipinski definition) is 2. The molecule has 0 saturated heterocycles. The second-order valence-corrected chi connectivity index (χ2v) is 6.57. The molecule has 7 nitrogen and oxygen atoms in total. The van der Waals surface area contributed by atoms with Crippen molar-refractivity contribution >= 4 is 10.0 Å². The monoisotopic (exact) mass is 309 g/mol. The van der Waals surface area contributed by atoms with Crippen molar-refractivity contribution in [2.75, 3.05) is 6.54 Å². The lowest BCUT2D eigenvalue weighted by molar-refractivity contribution is 0.580. The molecule has 0 amide bonds. The normalized spacial score (nSPS) is 11.8. The van der Waals surface area contributed by atoms with Crippen molar-refractivity contribution in [3.63, 3.8) is 0 Å². The molecule has 114 valence electrons. The Morgan fingerprint density at radius 3 is 2.71 bits per heavy atom. The van der Waals surface area contributed by atoms with Gasteiger partial charge in [-0.05, 0) is 30.2 Å². The quantitative estimate of drug-likeness (QED) is 0.788. The van der Waals surface area contributed by atoms with E-state index >= 15 is 0 Å². The fraction of sp³-hybridized carbons (Fsp3) is 0.385. The first-order valence-electron chi connectivity index (χ1n) is 6.56. The first-order valence-corrected chi connectivity index (χ1v) is 8.04. The van der Waals surface area contributed by atoms with Gasteiger partial charge in [0.2, 0.25) is 10.0 Å². The third-order valence-corrected chi connectivity index (χ3v) is 4.75. The molecule has 0 atom stereocenters. The van der Waals surface area contributed by atoms with Crippen molar-refractivity contribution in [3.05, 3.63) is 41.5 Å². The first-order chi connectivity index (χ1) is 9.94. The molecule has 0 aliphatic rings. The molecule has 0 fully saturated rings. The van der Waals surface area contributed by atoms with Crippen molar-refractivity contribution in [2.45, 2.75) is 24.8 Å². The molecule has 0 aliphatic heterocycles. The maximum absolute atomic E-state index is 12.2. The Bertz CT molecular complexity index is 724. The molecule has 2 rings (SSSR count).